The Morgan fingerprint density at radius 2 is 1.68 bits per heavy atom. The molecule has 2 aliphatic heterocycles. The van der Waals surface area contributed by atoms with Crippen LogP contribution in [-0.2, 0) is 4.79 Å². The Morgan fingerprint density at radius 1 is 0.973 bits per heavy atom. The van der Waals surface area contributed by atoms with Gasteiger partial charge >= 0.3 is 6.36 Å². The summed E-state index contributed by atoms with van der Waals surface area (Å²) in [5, 5.41) is 10.6. The fraction of sp³-hybridized carbons (Fsp3) is 0.360. The summed E-state index contributed by atoms with van der Waals surface area (Å²) in [7, 11) is 0. The van der Waals surface area contributed by atoms with Gasteiger partial charge in [0.05, 0.1) is 0 Å². The highest BCUT2D eigenvalue weighted by Crippen LogP contribution is 2.33. The second kappa shape index (κ2) is 9.83. The average molecular weight is 517 g/mol. The number of H-pyrrole nitrogens is 1. The van der Waals surface area contributed by atoms with Crippen LogP contribution in [-0.4, -0.2) is 69.6 Å². The van der Waals surface area contributed by atoms with Crippen molar-refractivity contribution < 1.29 is 31.9 Å². The van der Waals surface area contributed by atoms with Crippen molar-refractivity contribution in [3.05, 3.63) is 59.4 Å². The van der Waals surface area contributed by atoms with Gasteiger partial charge < -0.3 is 14.5 Å². The number of benzene rings is 2. The molecule has 2 aliphatic rings. The zero-order valence-corrected chi connectivity index (χ0v) is 19.5. The molecule has 0 aliphatic carbocycles. The van der Waals surface area contributed by atoms with Crippen molar-refractivity contribution in [3.63, 3.8) is 0 Å². The van der Waals surface area contributed by atoms with Crippen LogP contribution in [0.4, 0.5) is 17.6 Å². The molecule has 2 unspecified atom stereocenters. The maximum absolute atomic E-state index is 14.2. The molecular weight excluding hydrogens is 494 g/mol. The maximum Gasteiger partial charge on any atom is 0.573 e. The van der Waals surface area contributed by atoms with Crippen molar-refractivity contribution >= 4 is 28.9 Å². The highest BCUT2D eigenvalue weighted by molar-refractivity contribution is 5.97. The molecule has 12 heteroatoms. The number of ether oxygens (including phenoxy) is 1. The smallest absolute Gasteiger partial charge is 0.406 e. The van der Waals surface area contributed by atoms with Gasteiger partial charge in [0, 0.05) is 49.4 Å². The number of alkyl halides is 3. The van der Waals surface area contributed by atoms with Crippen LogP contribution in [0.15, 0.2) is 42.5 Å². The molecule has 37 heavy (non-hydrogen) atoms. The minimum absolute atomic E-state index is 0.0208. The number of rotatable bonds is 4. The number of aromatic nitrogens is 3. The summed E-state index contributed by atoms with van der Waals surface area (Å²) in [5.41, 5.74) is 1.86. The minimum Gasteiger partial charge on any atom is -0.406 e. The van der Waals surface area contributed by atoms with E-state index in [0.29, 0.717) is 48.8 Å². The van der Waals surface area contributed by atoms with E-state index in [0.717, 1.165) is 25.0 Å². The molecule has 2 fully saturated rings. The van der Waals surface area contributed by atoms with Gasteiger partial charge in [-0.1, -0.05) is 0 Å². The summed E-state index contributed by atoms with van der Waals surface area (Å²) < 4.78 is 54.7. The van der Waals surface area contributed by atoms with Crippen molar-refractivity contribution in [2.75, 3.05) is 26.2 Å². The first-order valence-electron chi connectivity index (χ1n) is 11.8. The van der Waals surface area contributed by atoms with E-state index in [-0.39, 0.29) is 29.2 Å². The number of fused-ring (bicyclic) bond motifs is 2. The molecule has 0 bridgehead atoms. The molecule has 0 saturated carbocycles. The first-order chi connectivity index (χ1) is 17.7. The Hall–Kier alpha value is -3.96. The van der Waals surface area contributed by atoms with E-state index in [4.69, 9.17) is 0 Å². The number of carbonyl (C=O) groups excluding carboxylic acids is 2. The SMILES string of the molecule is O=C(/C=C/c1ccc(OC(F)(F)F)cc1F)N1CCC2CN(C(=O)c3ccc4n[nH]nc4c3)CC2CC1. The van der Waals surface area contributed by atoms with Crippen LogP contribution < -0.4 is 4.74 Å². The molecule has 2 atom stereocenters. The molecule has 8 nitrogen and oxygen atoms in total. The lowest BCUT2D eigenvalue weighted by molar-refractivity contribution is -0.274. The standard InChI is InChI=1S/C25H23F4N5O3/c26-20-12-19(37-25(27,28)29)4-1-15(20)3-6-23(35)33-9-7-17-13-34(14-18(17)8-10-33)24(36)16-2-5-21-22(11-16)31-32-30-21/h1-6,11-12,17-18H,7-10,13-14H2,(H,30,31,32)/b6-3+. The van der Waals surface area contributed by atoms with Gasteiger partial charge in [-0.05, 0) is 61.1 Å². The van der Waals surface area contributed by atoms with E-state index in [1.165, 1.54) is 12.2 Å². The third-order valence-corrected chi connectivity index (χ3v) is 6.89. The van der Waals surface area contributed by atoms with Gasteiger partial charge in [-0.25, -0.2) is 4.39 Å². The van der Waals surface area contributed by atoms with Gasteiger partial charge in [-0.15, -0.1) is 13.2 Å². The van der Waals surface area contributed by atoms with Gasteiger partial charge in [0.15, 0.2) is 0 Å². The fourth-order valence-corrected chi connectivity index (χ4v) is 5.00. The minimum atomic E-state index is -4.92. The number of nitrogens with zero attached hydrogens (tertiary/aromatic N) is 4. The molecule has 2 aromatic carbocycles. The monoisotopic (exact) mass is 517 g/mol. The van der Waals surface area contributed by atoms with Crippen molar-refractivity contribution in [2.45, 2.75) is 19.2 Å². The number of hydrogen-bond donors (Lipinski definition) is 1. The summed E-state index contributed by atoms with van der Waals surface area (Å²) in [6, 6.07) is 7.97. The zero-order chi connectivity index (χ0) is 26.2. The van der Waals surface area contributed by atoms with E-state index in [2.05, 4.69) is 20.1 Å². The summed E-state index contributed by atoms with van der Waals surface area (Å²) in [5.74, 6) is -1.42. The predicted octanol–water partition coefficient (Wildman–Crippen LogP) is 4.02. The molecule has 2 amide bonds. The van der Waals surface area contributed by atoms with E-state index >= 15 is 0 Å². The Balaban J connectivity index is 1.16. The van der Waals surface area contributed by atoms with Crippen LogP contribution in [0.1, 0.15) is 28.8 Å². The van der Waals surface area contributed by atoms with E-state index in [1.807, 2.05) is 4.90 Å². The Bertz CT molecular complexity index is 1340. The second-order valence-corrected chi connectivity index (χ2v) is 9.22. The Labute approximate surface area is 208 Å². The summed E-state index contributed by atoms with van der Waals surface area (Å²) in [6.07, 6.45) is -0.990. The first kappa shape index (κ1) is 24.7. The molecule has 3 aromatic rings. The van der Waals surface area contributed by atoms with Crippen LogP contribution >= 0.6 is 0 Å². The lowest BCUT2D eigenvalue weighted by Crippen LogP contribution is -2.33. The molecule has 1 aromatic heterocycles. The number of carbonyl (C=O) groups is 2. The normalized spacial score (nSPS) is 20.3. The molecule has 0 spiro atoms. The Kier molecular flexibility index (Phi) is 6.57. The molecule has 194 valence electrons. The summed E-state index contributed by atoms with van der Waals surface area (Å²) in [4.78, 5) is 29.3. The number of aromatic amines is 1. The summed E-state index contributed by atoms with van der Waals surface area (Å²) >= 11 is 0. The predicted molar refractivity (Wildman–Crippen MR) is 125 cm³/mol. The first-order valence-corrected chi connectivity index (χ1v) is 11.8. The van der Waals surface area contributed by atoms with Crippen LogP contribution in [0.25, 0.3) is 17.1 Å². The largest absolute Gasteiger partial charge is 0.573 e. The molecular formula is C25H23F4N5O3. The molecule has 5 rings (SSSR count). The molecule has 3 heterocycles. The quantitative estimate of drug-likeness (QED) is 0.417. The second-order valence-electron chi connectivity index (χ2n) is 9.22. The van der Waals surface area contributed by atoms with Gasteiger partial charge in [0.2, 0.25) is 5.91 Å². The van der Waals surface area contributed by atoms with Gasteiger partial charge in [-0.3, -0.25) is 9.59 Å². The van der Waals surface area contributed by atoms with Crippen molar-refractivity contribution in [1.29, 1.82) is 0 Å². The van der Waals surface area contributed by atoms with Crippen molar-refractivity contribution in [2.24, 2.45) is 11.8 Å². The van der Waals surface area contributed by atoms with E-state index in [9.17, 15) is 27.2 Å². The number of amides is 2. The number of halogens is 4. The lowest BCUT2D eigenvalue weighted by Gasteiger charge is -2.21. The lowest BCUT2D eigenvalue weighted by atomic mass is 9.92. The van der Waals surface area contributed by atoms with Crippen molar-refractivity contribution in [1.82, 2.24) is 25.2 Å². The van der Waals surface area contributed by atoms with E-state index in [1.54, 1.807) is 23.1 Å². The molecule has 1 N–H and O–H groups in total. The number of likely N-dealkylation sites (tertiary alicyclic amines) is 2. The van der Waals surface area contributed by atoms with Crippen molar-refractivity contribution in [3.8, 4) is 5.75 Å². The topological polar surface area (TPSA) is 91.4 Å². The van der Waals surface area contributed by atoms with Gasteiger partial charge in [0.1, 0.15) is 22.6 Å². The molecule has 2 saturated heterocycles. The van der Waals surface area contributed by atoms with E-state index < -0.39 is 17.9 Å². The Morgan fingerprint density at radius 3 is 2.35 bits per heavy atom. The summed E-state index contributed by atoms with van der Waals surface area (Å²) in [6.45, 7) is 2.21. The van der Waals surface area contributed by atoms with Crippen LogP contribution in [0, 0.1) is 17.7 Å². The highest BCUT2D eigenvalue weighted by Gasteiger charge is 2.37. The third-order valence-electron chi connectivity index (χ3n) is 6.89. The zero-order valence-electron chi connectivity index (χ0n) is 19.5. The number of nitrogens with one attached hydrogen (secondary N) is 1. The van der Waals surface area contributed by atoms with Crippen LogP contribution in [0.3, 0.4) is 0 Å². The van der Waals surface area contributed by atoms with Crippen LogP contribution in [0.2, 0.25) is 0 Å². The average Bonchev–Trinajstić information content (AvgIpc) is 3.44. The van der Waals surface area contributed by atoms with Crippen LogP contribution in [0.5, 0.6) is 5.75 Å². The maximum atomic E-state index is 14.2. The third kappa shape index (κ3) is 5.57. The fourth-order valence-electron chi connectivity index (χ4n) is 5.00. The number of hydrogen-bond acceptors (Lipinski definition) is 5. The van der Waals surface area contributed by atoms with Gasteiger partial charge in [-0.2, -0.15) is 15.4 Å². The molecule has 0 radical (unpaired) electrons. The highest BCUT2D eigenvalue weighted by atomic mass is 19.4. The van der Waals surface area contributed by atoms with Gasteiger partial charge in [0.25, 0.3) is 5.91 Å².